The number of phosphoric ester groups is 1. The molecule has 1 aromatic rings. The number of amides is 1. The van der Waals surface area contributed by atoms with E-state index in [0.29, 0.717) is 6.42 Å². The first-order chi connectivity index (χ1) is 16.3. The van der Waals surface area contributed by atoms with Crippen molar-refractivity contribution in [3.8, 4) is 0 Å². The lowest BCUT2D eigenvalue weighted by atomic mass is 9.96. The van der Waals surface area contributed by atoms with Gasteiger partial charge >= 0.3 is 19.6 Å². The zero-order valence-electron chi connectivity index (χ0n) is 20.1. The quantitative estimate of drug-likeness (QED) is 0.261. The van der Waals surface area contributed by atoms with Crippen LogP contribution in [0.1, 0.15) is 40.3 Å². The van der Waals surface area contributed by atoms with Crippen molar-refractivity contribution in [2.45, 2.75) is 46.4 Å². The second kappa shape index (κ2) is 12.8. The highest BCUT2D eigenvalue weighted by Crippen LogP contribution is 2.45. The lowest BCUT2D eigenvalue weighted by Gasteiger charge is -2.22. The fourth-order valence-corrected chi connectivity index (χ4v) is 4.93. The first-order valence-corrected chi connectivity index (χ1v) is 13.5. The van der Waals surface area contributed by atoms with Crippen molar-refractivity contribution in [2.75, 3.05) is 32.1 Å². The number of thioether (sulfide) groups is 1. The molecule has 0 aliphatic carbocycles. The Morgan fingerprint density at radius 2 is 2.09 bits per heavy atom. The highest BCUT2D eigenvalue weighted by molar-refractivity contribution is 8.13. The molecule has 2 rings (SSSR count). The molecule has 4 atom stereocenters. The highest BCUT2D eigenvalue weighted by Gasteiger charge is 2.36. The lowest BCUT2D eigenvalue weighted by molar-refractivity contribution is -0.117. The molecule has 0 spiro atoms. The summed E-state index contributed by atoms with van der Waals surface area (Å²) in [7, 11) is -4.40. The number of ether oxygens (including phenoxy) is 2. The van der Waals surface area contributed by atoms with Crippen LogP contribution in [0.25, 0.3) is 0 Å². The third-order valence-electron chi connectivity index (χ3n) is 5.08. The number of hydrogen-bond donors (Lipinski definition) is 3. The Kier molecular flexibility index (Phi) is 10.7. The summed E-state index contributed by atoms with van der Waals surface area (Å²) in [6.45, 7) is 6.66. The summed E-state index contributed by atoms with van der Waals surface area (Å²) < 4.78 is 33.9. The molecule has 1 aliphatic rings. The van der Waals surface area contributed by atoms with Gasteiger partial charge in [0.15, 0.2) is 5.12 Å². The summed E-state index contributed by atoms with van der Waals surface area (Å²) in [4.78, 5) is 59.1. The number of alkyl carbamates (subject to hydrolysis) is 1. The minimum atomic E-state index is -4.40. The third-order valence-corrected chi connectivity index (χ3v) is 7.25. The number of aromatic amines is 1. The van der Waals surface area contributed by atoms with Crippen LogP contribution in [-0.2, 0) is 27.9 Å². The number of hydrogen-bond acceptors (Lipinski definition) is 10. The summed E-state index contributed by atoms with van der Waals surface area (Å²) in [6.07, 6.45) is -0.0516. The zero-order chi connectivity index (χ0) is 26.2. The average Bonchev–Trinajstić information content (AvgIpc) is 3.14. The number of carbonyl (C=O) groups excluding carboxylic acids is 2. The standard InChI is InChI=1S/C20H32N3O10PS/c1-5-30-19(27)21-12-20(3,4)17(25)35-9-8-31-34(28,29)32-11-14-10-13(2)16(33-14)23-7-6-15(24)22-18(23)26/h6-7,13-14,16H,5,8-12H2,1-4H3,(H,21,27)(H,28,29)(H,22,24,26). The lowest BCUT2D eigenvalue weighted by Crippen LogP contribution is -2.38. The second-order valence-electron chi connectivity index (χ2n) is 8.57. The summed E-state index contributed by atoms with van der Waals surface area (Å²) in [5.74, 6) is -0.0145. The van der Waals surface area contributed by atoms with Crippen molar-refractivity contribution in [3.05, 3.63) is 33.1 Å². The second-order valence-corrected chi connectivity index (χ2v) is 11.1. The van der Waals surface area contributed by atoms with Gasteiger partial charge in [0.25, 0.3) is 5.56 Å². The van der Waals surface area contributed by atoms with E-state index >= 15 is 0 Å². The van der Waals surface area contributed by atoms with Crippen molar-refractivity contribution in [3.63, 3.8) is 0 Å². The SMILES string of the molecule is CCOC(=O)NCC(C)(C)C(=O)SCCOP(=O)(O)OCC1CC(C)C(n2ccc(=O)[nH]c2=O)O1. The van der Waals surface area contributed by atoms with Crippen LogP contribution in [0.5, 0.6) is 0 Å². The van der Waals surface area contributed by atoms with E-state index in [1.165, 1.54) is 16.8 Å². The molecule has 198 valence electrons. The van der Waals surface area contributed by atoms with Crippen molar-refractivity contribution in [1.82, 2.24) is 14.9 Å². The summed E-state index contributed by atoms with van der Waals surface area (Å²) in [5.41, 5.74) is -2.01. The van der Waals surface area contributed by atoms with Gasteiger partial charge in [-0.2, -0.15) is 0 Å². The molecule has 0 saturated carbocycles. The van der Waals surface area contributed by atoms with Crippen LogP contribution in [0.15, 0.2) is 21.9 Å². The van der Waals surface area contributed by atoms with Gasteiger partial charge in [0.1, 0.15) is 6.23 Å². The van der Waals surface area contributed by atoms with Crippen LogP contribution in [0.3, 0.4) is 0 Å². The van der Waals surface area contributed by atoms with Crippen LogP contribution in [0.4, 0.5) is 4.79 Å². The van der Waals surface area contributed by atoms with Crippen LogP contribution in [0, 0.1) is 11.3 Å². The Morgan fingerprint density at radius 1 is 1.37 bits per heavy atom. The Labute approximate surface area is 206 Å². The van der Waals surface area contributed by atoms with Gasteiger partial charge in [0, 0.05) is 30.5 Å². The molecule has 35 heavy (non-hydrogen) atoms. The van der Waals surface area contributed by atoms with Gasteiger partial charge < -0.3 is 19.7 Å². The molecule has 3 N–H and O–H groups in total. The first-order valence-electron chi connectivity index (χ1n) is 11.0. The zero-order valence-corrected chi connectivity index (χ0v) is 21.8. The molecule has 1 aromatic heterocycles. The Morgan fingerprint density at radius 3 is 2.74 bits per heavy atom. The van der Waals surface area contributed by atoms with E-state index in [1.54, 1.807) is 20.8 Å². The molecule has 13 nitrogen and oxygen atoms in total. The van der Waals surface area contributed by atoms with Gasteiger partial charge in [0.05, 0.1) is 31.3 Å². The Balaban J connectivity index is 1.73. The van der Waals surface area contributed by atoms with Crippen molar-refractivity contribution in [1.29, 1.82) is 0 Å². The number of nitrogens with one attached hydrogen (secondary N) is 2. The normalized spacial score (nSPS) is 21.9. The fourth-order valence-electron chi connectivity index (χ4n) is 3.24. The van der Waals surface area contributed by atoms with Crippen LogP contribution >= 0.6 is 19.6 Å². The average molecular weight is 538 g/mol. The van der Waals surface area contributed by atoms with E-state index in [1.807, 2.05) is 6.92 Å². The maximum absolute atomic E-state index is 12.4. The molecule has 1 saturated heterocycles. The van der Waals surface area contributed by atoms with Crippen molar-refractivity contribution >= 4 is 30.8 Å². The molecule has 1 fully saturated rings. The summed E-state index contributed by atoms with van der Waals surface area (Å²) in [5, 5.41) is 2.27. The number of aromatic nitrogens is 2. The van der Waals surface area contributed by atoms with Gasteiger partial charge in [-0.15, -0.1) is 0 Å². The highest BCUT2D eigenvalue weighted by atomic mass is 32.2. The van der Waals surface area contributed by atoms with Gasteiger partial charge in [-0.1, -0.05) is 32.5 Å². The van der Waals surface area contributed by atoms with E-state index in [0.717, 1.165) is 11.8 Å². The number of H-pyrrole nitrogens is 1. The van der Waals surface area contributed by atoms with E-state index in [-0.39, 0.29) is 43.2 Å². The van der Waals surface area contributed by atoms with E-state index in [2.05, 4.69) is 10.3 Å². The number of rotatable bonds is 12. The molecule has 0 aromatic carbocycles. The number of nitrogens with zero attached hydrogens (tertiary/aromatic N) is 1. The molecular weight excluding hydrogens is 505 g/mol. The molecule has 1 aliphatic heterocycles. The Hall–Kier alpha value is -1.96. The van der Waals surface area contributed by atoms with Gasteiger partial charge in [-0.25, -0.2) is 14.2 Å². The van der Waals surface area contributed by atoms with Gasteiger partial charge in [0.2, 0.25) is 0 Å². The van der Waals surface area contributed by atoms with Crippen molar-refractivity contribution in [2.24, 2.45) is 11.3 Å². The maximum Gasteiger partial charge on any atom is 0.472 e. The van der Waals surface area contributed by atoms with E-state index in [4.69, 9.17) is 18.5 Å². The summed E-state index contributed by atoms with van der Waals surface area (Å²) in [6, 6.07) is 1.21. The molecule has 0 radical (unpaired) electrons. The van der Waals surface area contributed by atoms with E-state index in [9.17, 15) is 28.6 Å². The van der Waals surface area contributed by atoms with Crippen molar-refractivity contribution < 1.29 is 37.6 Å². The molecule has 0 bridgehead atoms. The monoisotopic (exact) mass is 537 g/mol. The molecule has 1 amide bonds. The fraction of sp³-hybridized carbons (Fsp3) is 0.700. The Bertz CT molecular complexity index is 1040. The number of phosphoric acid groups is 1. The topological polar surface area (TPSA) is 175 Å². The smallest absolute Gasteiger partial charge is 0.450 e. The molecular formula is C20H32N3O10PS. The van der Waals surface area contributed by atoms with Crippen LogP contribution < -0.4 is 16.6 Å². The minimum absolute atomic E-state index is 0.0755. The van der Waals surface area contributed by atoms with Crippen LogP contribution in [-0.4, -0.2) is 63.9 Å². The molecule has 4 unspecified atom stereocenters. The summed E-state index contributed by atoms with van der Waals surface area (Å²) >= 11 is 0.907. The largest absolute Gasteiger partial charge is 0.472 e. The predicted octanol–water partition coefficient (Wildman–Crippen LogP) is 1.63. The van der Waals surface area contributed by atoms with Crippen LogP contribution in [0.2, 0.25) is 0 Å². The third kappa shape index (κ3) is 9.21. The maximum atomic E-state index is 12.4. The minimum Gasteiger partial charge on any atom is -0.450 e. The molecule has 2 heterocycles. The molecule has 15 heteroatoms. The van der Waals surface area contributed by atoms with Gasteiger partial charge in [-0.05, 0) is 13.3 Å². The predicted molar refractivity (Wildman–Crippen MR) is 127 cm³/mol. The van der Waals surface area contributed by atoms with Gasteiger partial charge in [-0.3, -0.25) is 28.2 Å². The first kappa shape index (κ1) is 29.3. The number of carbonyl (C=O) groups is 2. The van der Waals surface area contributed by atoms with E-state index < -0.39 is 42.9 Å².